The number of hydrogen-bond acceptors (Lipinski definition) is 3. The van der Waals surface area contributed by atoms with E-state index >= 15 is 0 Å². The van der Waals surface area contributed by atoms with Gasteiger partial charge in [-0.3, -0.25) is 0 Å². The van der Waals surface area contributed by atoms with E-state index in [1.54, 1.807) is 19.1 Å². The minimum atomic E-state index is -0.294. The van der Waals surface area contributed by atoms with Crippen LogP contribution in [0.4, 0.5) is 5.69 Å². The second kappa shape index (κ2) is 9.39. The number of benzene rings is 3. The van der Waals surface area contributed by atoms with Gasteiger partial charge in [0.25, 0.3) is 0 Å². The Hall–Kier alpha value is -3.33. The molecule has 0 aliphatic rings. The maximum absolute atomic E-state index is 11.8. The molecule has 0 aromatic heterocycles. The van der Waals surface area contributed by atoms with Crippen LogP contribution in [0.25, 0.3) is 11.6 Å². The zero-order valence-electron chi connectivity index (χ0n) is 15.4. The lowest BCUT2D eigenvalue weighted by Crippen LogP contribution is -2.06. The van der Waals surface area contributed by atoms with Crippen LogP contribution in [0.3, 0.4) is 0 Å². The summed E-state index contributed by atoms with van der Waals surface area (Å²) in [6.07, 6.45) is 2.19. The van der Waals surface area contributed by atoms with E-state index in [-0.39, 0.29) is 5.97 Å². The molecule has 0 amide bonds. The first-order valence-corrected chi connectivity index (χ1v) is 9.08. The van der Waals surface area contributed by atoms with Gasteiger partial charge in [-0.05, 0) is 54.0 Å². The molecule has 0 aliphatic heterocycles. The molecular formula is C24H23NO2. The van der Waals surface area contributed by atoms with Crippen LogP contribution in [0.15, 0.2) is 84.9 Å². The number of carbonyl (C=O) groups excluding carboxylic acids is 1. The molecule has 0 saturated carbocycles. The number of rotatable bonds is 7. The third kappa shape index (κ3) is 5.32. The molecule has 3 heteroatoms. The Balaban J connectivity index is 1.75. The summed E-state index contributed by atoms with van der Waals surface area (Å²) < 4.78 is 5.02. The zero-order chi connectivity index (χ0) is 18.9. The number of esters is 1. The summed E-state index contributed by atoms with van der Waals surface area (Å²) in [4.78, 5) is 11.8. The van der Waals surface area contributed by atoms with Crippen molar-refractivity contribution in [3.8, 4) is 0 Å². The molecule has 0 heterocycles. The largest absolute Gasteiger partial charge is 0.462 e. The molecular weight excluding hydrogens is 334 g/mol. The van der Waals surface area contributed by atoms with Crippen molar-refractivity contribution in [1.82, 2.24) is 0 Å². The minimum Gasteiger partial charge on any atom is -0.462 e. The first-order chi connectivity index (χ1) is 13.3. The Morgan fingerprint density at radius 1 is 0.852 bits per heavy atom. The van der Waals surface area contributed by atoms with Crippen LogP contribution < -0.4 is 5.32 Å². The summed E-state index contributed by atoms with van der Waals surface area (Å²) in [6, 6.07) is 28.0. The Morgan fingerprint density at radius 2 is 1.48 bits per heavy atom. The molecule has 0 bridgehead atoms. The molecule has 3 aromatic carbocycles. The summed E-state index contributed by atoms with van der Waals surface area (Å²) in [7, 11) is 0. The Morgan fingerprint density at radius 3 is 2.11 bits per heavy atom. The standard InChI is InChI=1S/C24H23NO2/c1-2-27-24(26)21-13-15-23(16-14-21)25-18-22(20-11-7-4-8-12-20)17-19-9-5-3-6-10-19/h3-17,25H,2,18H2,1H3/b22-17+. The molecule has 0 aliphatic carbocycles. The van der Waals surface area contributed by atoms with Crippen molar-refractivity contribution in [2.75, 3.05) is 18.5 Å². The highest BCUT2D eigenvalue weighted by Crippen LogP contribution is 2.20. The fourth-order valence-electron chi connectivity index (χ4n) is 2.77. The first-order valence-electron chi connectivity index (χ1n) is 9.08. The Kier molecular flexibility index (Phi) is 6.42. The molecule has 3 rings (SSSR count). The topological polar surface area (TPSA) is 38.3 Å². The second-order valence-electron chi connectivity index (χ2n) is 6.10. The van der Waals surface area contributed by atoms with Crippen LogP contribution in [-0.2, 0) is 4.74 Å². The van der Waals surface area contributed by atoms with E-state index in [4.69, 9.17) is 4.74 Å². The maximum atomic E-state index is 11.8. The van der Waals surface area contributed by atoms with E-state index < -0.39 is 0 Å². The molecule has 3 nitrogen and oxygen atoms in total. The number of carbonyl (C=O) groups is 1. The molecule has 0 spiro atoms. The molecule has 0 atom stereocenters. The van der Waals surface area contributed by atoms with E-state index in [1.165, 1.54) is 11.1 Å². The summed E-state index contributed by atoms with van der Waals surface area (Å²) in [5.41, 5.74) is 5.05. The van der Waals surface area contributed by atoms with Gasteiger partial charge in [-0.2, -0.15) is 0 Å². The molecule has 136 valence electrons. The van der Waals surface area contributed by atoms with Crippen molar-refractivity contribution in [2.45, 2.75) is 6.92 Å². The number of nitrogens with one attached hydrogen (secondary N) is 1. The van der Waals surface area contributed by atoms with E-state index in [9.17, 15) is 4.79 Å². The van der Waals surface area contributed by atoms with Crippen molar-refractivity contribution in [3.63, 3.8) is 0 Å². The predicted molar refractivity (Wildman–Crippen MR) is 112 cm³/mol. The van der Waals surface area contributed by atoms with Crippen molar-refractivity contribution >= 4 is 23.3 Å². The number of hydrogen-bond donors (Lipinski definition) is 1. The average molecular weight is 357 g/mol. The van der Waals surface area contributed by atoms with Gasteiger partial charge in [0.1, 0.15) is 0 Å². The molecule has 0 unspecified atom stereocenters. The van der Waals surface area contributed by atoms with Gasteiger partial charge >= 0.3 is 5.97 Å². The van der Waals surface area contributed by atoms with Crippen molar-refractivity contribution in [3.05, 3.63) is 102 Å². The van der Waals surface area contributed by atoms with E-state index in [2.05, 4.69) is 35.7 Å². The van der Waals surface area contributed by atoms with Gasteiger partial charge in [-0.1, -0.05) is 60.7 Å². The van der Waals surface area contributed by atoms with Crippen LogP contribution >= 0.6 is 0 Å². The normalized spacial score (nSPS) is 11.1. The monoisotopic (exact) mass is 357 g/mol. The molecule has 0 radical (unpaired) electrons. The molecule has 1 N–H and O–H groups in total. The fraction of sp³-hybridized carbons (Fsp3) is 0.125. The summed E-state index contributed by atoms with van der Waals surface area (Å²) >= 11 is 0. The zero-order valence-corrected chi connectivity index (χ0v) is 15.4. The highest BCUT2D eigenvalue weighted by Gasteiger charge is 2.06. The van der Waals surface area contributed by atoms with Gasteiger partial charge in [0, 0.05) is 12.2 Å². The van der Waals surface area contributed by atoms with Crippen LogP contribution in [-0.4, -0.2) is 19.1 Å². The van der Waals surface area contributed by atoms with Gasteiger partial charge in [-0.25, -0.2) is 4.79 Å². The number of ether oxygens (including phenoxy) is 1. The minimum absolute atomic E-state index is 0.294. The van der Waals surface area contributed by atoms with Gasteiger partial charge < -0.3 is 10.1 Å². The van der Waals surface area contributed by atoms with Crippen LogP contribution in [0.1, 0.15) is 28.4 Å². The summed E-state index contributed by atoms with van der Waals surface area (Å²) in [5, 5.41) is 3.44. The van der Waals surface area contributed by atoms with Crippen molar-refractivity contribution in [2.24, 2.45) is 0 Å². The van der Waals surface area contributed by atoms with Gasteiger partial charge in [0.05, 0.1) is 12.2 Å². The molecule has 0 fully saturated rings. The van der Waals surface area contributed by atoms with Crippen molar-refractivity contribution < 1.29 is 9.53 Å². The SMILES string of the molecule is CCOC(=O)c1ccc(NC/C(=C\c2ccccc2)c2ccccc2)cc1. The quantitative estimate of drug-likeness (QED) is 0.447. The molecule has 3 aromatic rings. The second-order valence-corrected chi connectivity index (χ2v) is 6.10. The fourth-order valence-corrected chi connectivity index (χ4v) is 2.77. The van der Waals surface area contributed by atoms with Crippen LogP contribution in [0.5, 0.6) is 0 Å². The summed E-state index contributed by atoms with van der Waals surface area (Å²) in [5.74, 6) is -0.294. The van der Waals surface area contributed by atoms with Crippen LogP contribution in [0.2, 0.25) is 0 Å². The highest BCUT2D eigenvalue weighted by atomic mass is 16.5. The third-order valence-corrected chi connectivity index (χ3v) is 4.16. The third-order valence-electron chi connectivity index (χ3n) is 4.16. The Bertz CT molecular complexity index is 885. The van der Waals surface area contributed by atoms with Gasteiger partial charge in [0.2, 0.25) is 0 Å². The van der Waals surface area contributed by atoms with E-state index in [0.717, 1.165) is 11.3 Å². The van der Waals surface area contributed by atoms with Gasteiger partial charge in [0.15, 0.2) is 0 Å². The van der Waals surface area contributed by atoms with Crippen LogP contribution in [0, 0.1) is 0 Å². The number of anilines is 1. The van der Waals surface area contributed by atoms with Crippen molar-refractivity contribution in [1.29, 1.82) is 0 Å². The lowest BCUT2D eigenvalue weighted by Gasteiger charge is -2.12. The predicted octanol–water partition coefficient (Wildman–Crippen LogP) is 5.52. The Labute approximate surface area is 160 Å². The van der Waals surface area contributed by atoms with E-state index in [0.29, 0.717) is 18.7 Å². The highest BCUT2D eigenvalue weighted by molar-refractivity contribution is 5.90. The average Bonchev–Trinajstić information content (AvgIpc) is 2.73. The van der Waals surface area contributed by atoms with E-state index in [1.807, 2.05) is 48.5 Å². The lowest BCUT2D eigenvalue weighted by molar-refractivity contribution is 0.0526. The molecule has 0 saturated heterocycles. The summed E-state index contributed by atoms with van der Waals surface area (Å²) in [6.45, 7) is 2.86. The smallest absolute Gasteiger partial charge is 0.338 e. The maximum Gasteiger partial charge on any atom is 0.338 e. The molecule has 27 heavy (non-hydrogen) atoms. The first kappa shape index (κ1) is 18.5. The van der Waals surface area contributed by atoms with Gasteiger partial charge in [-0.15, -0.1) is 0 Å². The lowest BCUT2D eigenvalue weighted by atomic mass is 10.0.